The SMILES string of the molecule is Cc1ccc(C(O)Cc2cccc(Cl)c2Cl)cc1C. The Kier molecular flexibility index (Phi) is 4.51. The molecule has 0 saturated heterocycles. The van der Waals surface area contributed by atoms with E-state index in [1.54, 1.807) is 6.07 Å². The standard InChI is InChI=1S/C16H16Cl2O/c1-10-6-7-12(8-11(10)2)15(19)9-13-4-3-5-14(17)16(13)18/h3-8,15,19H,9H2,1-2H3. The zero-order chi connectivity index (χ0) is 14.0. The number of aliphatic hydroxyl groups is 1. The van der Waals surface area contributed by atoms with Crippen molar-refractivity contribution in [2.75, 3.05) is 0 Å². The van der Waals surface area contributed by atoms with Crippen molar-refractivity contribution in [3.8, 4) is 0 Å². The molecule has 1 N–H and O–H groups in total. The van der Waals surface area contributed by atoms with Gasteiger partial charge in [-0.2, -0.15) is 0 Å². The van der Waals surface area contributed by atoms with Crippen LogP contribution in [0, 0.1) is 13.8 Å². The summed E-state index contributed by atoms with van der Waals surface area (Å²) in [5, 5.41) is 11.3. The van der Waals surface area contributed by atoms with E-state index in [4.69, 9.17) is 23.2 Å². The van der Waals surface area contributed by atoms with Gasteiger partial charge in [-0.25, -0.2) is 0 Å². The summed E-state index contributed by atoms with van der Waals surface area (Å²) >= 11 is 12.1. The van der Waals surface area contributed by atoms with Crippen LogP contribution in [-0.2, 0) is 6.42 Å². The van der Waals surface area contributed by atoms with E-state index in [0.717, 1.165) is 11.1 Å². The van der Waals surface area contributed by atoms with Crippen molar-refractivity contribution in [2.45, 2.75) is 26.4 Å². The average molecular weight is 295 g/mol. The van der Waals surface area contributed by atoms with Crippen LogP contribution in [0.25, 0.3) is 0 Å². The molecule has 0 radical (unpaired) electrons. The predicted molar refractivity (Wildman–Crippen MR) is 81.0 cm³/mol. The topological polar surface area (TPSA) is 20.2 Å². The molecule has 0 aromatic heterocycles. The maximum Gasteiger partial charge on any atom is 0.0831 e. The van der Waals surface area contributed by atoms with Gasteiger partial charge in [-0.1, -0.05) is 53.5 Å². The highest BCUT2D eigenvalue weighted by atomic mass is 35.5. The molecule has 0 aliphatic heterocycles. The molecule has 0 fully saturated rings. The Balaban J connectivity index is 2.23. The highest BCUT2D eigenvalue weighted by Gasteiger charge is 2.12. The smallest absolute Gasteiger partial charge is 0.0831 e. The molecule has 2 aromatic rings. The van der Waals surface area contributed by atoms with Crippen LogP contribution < -0.4 is 0 Å². The van der Waals surface area contributed by atoms with E-state index in [0.29, 0.717) is 16.5 Å². The van der Waals surface area contributed by atoms with E-state index >= 15 is 0 Å². The molecule has 19 heavy (non-hydrogen) atoms. The molecule has 3 heteroatoms. The molecule has 0 spiro atoms. The summed E-state index contributed by atoms with van der Waals surface area (Å²) in [6.45, 7) is 4.09. The van der Waals surface area contributed by atoms with Crippen molar-refractivity contribution >= 4 is 23.2 Å². The van der Waals surface area contributed by atoms with Gasteiger partial charge in [0.1, 0.15) is 0 Å². The second kappa shape index (κ2) is 5.96. The fourth-order valence-electron chi connectivity index (χ4n) is 2.00. The van der Waals surface area contributed by atoms with Crippen molar-refractivity contribution in [2.24, 2.45) is 0 Å². The van der Waals surface area contributed by atoms with Crippen LogP contribution in [0.15, 0.2) is 36.4 Å². The monoisotopic (exact) mass is 294 g/mol. The Bertz CT molecular complexity index is 593. The van der Waals surface area contributed by atoms with Gasteiger partial charge in [0, 0.05) is 6.42 Å². The quantitative estimate of drug-likeness (QED) is 0.855. The second-order valence-corrected chi connectivity index (χ2v) is 5.56. The largest absolute Gasteiger partial charge is 0.388 e. The number of aryl methyl sites for hydroxylation is 2. The Morgan fingerprint density at radius 3 is 2.47 bits per heavy atom. The van der Waals surface area contributed by atoms with Crippen molar-refractivity contribution in [3.63, 3.8) is 0 Å². The highest BCUT2D eigenvalue weighted by molar-refractivity contribution is 6.42. The van der Waals surface area contributed by atoms with Gasteiger partial charge in [0.25, 0.3) is 0 Å². The first-order chi connectivity index (χ1) is 8.99. The minimum absolute atomic E-state index is 0.460. The molecule has 100 valence electrons. The Morgan fingerprint density at radius 1 is 1.05 bits per heavy atom. The lowest BCUT2D eigenvalue weighted by Gasteiger charge is -2.14. The molecule has 0 saturated carbocycles. The van der Waals surface area contributed by atoms with Crippen LogP contribution in [-0.4, -0.2) is 5.11 Å². The van der Waals surface area contributed by atoms with Gasteiger partial charge in [0.2, 0.25) is 0 Å². The third-order valence-electron chi connectivity index (χ3n) is 3.36. The first kappa shape index (κ1) is 14.4. The predicted octanol–water partition coefficient (Wildman–Crippen LogP) is 4.89. The third kappa shape index (κ3) is 3.30. The van der Waals surface area contributed by atoms with Crippen LogP contribution in [0.3, 0.4) is 0 Å². The van der Waals surface area contributed by atoms with E-state index in [9.17, 15) is 5.11 Å². The summed E-state index contributed by atoms with van der Waals surface area (Å²) in [6.07, 6.45) is -0.114. The summed E-state index contributed by atoms with van der Waals surface area (Å²) in [4.78, 5) is 0. The molecule has 0 aliphatic rings. The lowest BCUT2D eigenvalue weighted by molar-refractivity contribution is 0.178. The first-order valence-electron chi connectivity index (χ1n) is 6.17. The molecule has 1 nitrogen and oxygen atoms in total. The number of hydrogen-bond acceptors (Lipinski definition) is 1. The number of benzene rings is 2. The first-order valence-corrected chi connectivity index (χ1v) is 6.92. The minimum atomic E-state index is -0.574. The normalized spacial score (nSPS) is 12.5. The van der Waals surface area contributed by atoms with Crippen LogP contribution in [0.2, 0.25) is 10.0 Å². The molecule has 2 aromatic carbocycles. The van der Waals surface area contributed by atoms with Crippen molar-refractivity contribution in [1.82, 2.24) is 0 Å². The van der Waals surface area contributed by atoms with E-state index in [-0.39, 0.29) is 0 Å². The summed E-state index contributed by atoms with van der Waals surface area (Å²) in [7, 11) is 0. The Labute approximate surface area is 123 Å². The maximum atomic E-state index is 10.3. The summed E-state index contributed by atoms with van der Waals surface area (Å²) in [6, 6.07) is 11.5. The lowest BCUT2D eigenvalue weighted by atomic mass is 9.98. The number of rotatable bonds is 3. The Morgan fingerprint density at radius 2 is 1.79 bits per heavy atom. The van der Waals surface area contributed by atoms with Gasteiger partial charge in [-0.15, -0.1) is 0 Å². The zero-order valence-corrected chi connectivity index (χ0v) is 12.5. The molecule has 0 amide bonds. The second-order valence-electron chi connectivity index (χ2n) is 4.78. The van der Waals surface area contributed by atoms with Crippen LogP contribution >= 0.6 is 23.2 Å². The van der Waals surface area contributed by atoms with E-state index in [1.165, 1.54) is 11.1 Å². The molecule has 2 rings (SSSR count). The van der Waals surface area contributed by atoms with E-state index in [2.05, 4.69) is 6.92 Å². The van der Waals surface area contributed by atoms with Gasteiger partial charge in [0.05, 0.1) is 16.1 Å². The van der Waals surface area contributed by atoms with Crippen LogP contribution in [0.1, 0.15) is 28.4 Å². The van der Waals surface area contributed by atoms with E-state index < -0.39 is 6.10 Å². The summed E-state index contributed by atoms with van der Waals surface area (Å²) in [5.41, 5.74) is 4.16. The minimum Gasteiger partial charge on any atom is -0.388 e. The fourth-order valence-corrected chi connectivity index (χ4v) is 2.40. The van der Waals surface area contributed by atoms with Crippen molar-refractivity contribution in [3.05, 3.63) is 68.7 Å². The third-order valence-corrected chi connectivity index (χ3v) is 4.22. The highest BCUT2D eigenvalue weighted by Crippen LogP contribution is 2.29. The molecular formula is C16H16Cl2O. The van der Waals surface area contributed by atoms with Crippen LogP contribution in [0.4, 0.5) is 0 Å². The summed E-state index contributed by atoms with van der Waals surface area (Å²) in [5.74, 6) is 0. The van der Waals surface area contributed by atoms with Crippen molar-refractivity contribution in [1.29, 1.82) is 0 Å². The fraction of sp³-hybridized carbons (Fsp3) is 0.250. The molecule has 1 atom stereocenters. The van der Waals surface area contributed by atoms with Gasteiger partial charge in [-0.3, -0.25) is 0 Å². The molecule has 0 bridgehead atoms. The zero-order valence-electron chi connectivity index (χ0n) is 11.0. The molecule has 0 heterocycles. The average Bonchev–Trinajstić information content (AvgIpc) is 2.38. The molecule has 0 aliphatic carbocycles. The van der Waals surface area contributed by atoms with Crippen molar-refractivity contribution < 1.29 is 5.11 Å². The summed E-state index contributed by atoms with van der Waals surface area (Å²) < 4.78 is 0. The Hall–Kier alpha value is -1.02. The lowest BCUT2D eigenvalue weighted by Crippen LogP contribution is -2.03. The molecule has 1 unspecified atom stereocenters. The molecular weight excluding hydrogens is 279 g/mol. The maximum absolute atomic E-state index is 10.3. The van der Waals surface area contributed by atoms with Crippen LogP contribution in [0.5, 0.6) is 0 Å². The van der Waals surface area contributed by atoms with Gasteiger partial charge in [0.15, 0.2) is 0 Å². The number of hydrogen-bond donors (Lipinski definition) is 1. The number of aliphatic hydroxyl groups excluding tert-OH is 1. The van der Waals surface area contributed by atoms with Gasteiger partial charge in [-0.05, 0) is 42.2 Å². The number of halogens is 2. The van der Waals surface area contributed by atoms with Gasteiger partial charge < -0.3 is 5.11 Å². The van der Waals surface area contributed by atoms with E-state index in [1.807, 2.05) is 37.3 Å². The van der Waals surface area contributed by atoms with Gasteiger partial charge >= 0.3 is 0 Å².